The molecule has 0 saturated carbocycles. The van der Waals surface area contributed by atoms with Gasteiger partial charge in [-0.1, -0.05) is 13.8 Å². The van der Waals surface area contributed by atoms with E-state index in [9.17, 15) is 9.59 Å². The highest BCUT2D eigenvalue weighted by molar-refractivity contribution is 6.05. The van der Waals surface area contributed by atoms with Gasteiger partial charge in [0.2, 0.25) is 11.8 Å². The number of hydrogen-bond acceptors (Lipinski definition) is 3. The number of β-amino-alcohol motifs (C(OH)–C–C–N with tert-alkyl or cyclic N) is 1. The first-order valence-electron chi connectivity index (χ1n) is 3.95. The molecule has 68 valence electrons. The van der Waals surface area contributed by atoms with Gasteiger partial charge in [-0.3, -0.25) is 14.5 Å². The summed E-state index contributed by atoms with van der Waals surface area (Å²) in [6.45, 7) is 3.45. The molecule has 0 radical (unpaired) electrons. The molecule has 1 fully saturated rings. The van der Waals surface area contributed by atoms with Crippen molar-refractivity contribution in [1.29, 1.82) is 0 Å². The lowest BCUT2D eigenvalue weighted by atomic mass is 9.92. The molecule has 0 unspecified atom stereocenters. The SMILES string of the molecule is CC1(C)CC(=O)N(CCO)C1=O. The summed E-state index contributed by atoms with van der Waals surface area (Å²) >= 11 is 0. The first-order valence-corrected chi connectivity index (χ1v) is 3.95. The van der Waals surface area contributed by atoms with Crippen LogP contribution in [0.15, 0.2) is 0 Å². The smallest absolute Gasteiger partial charge is 0.235 e. The van der Waals surface area contributed by atoms with Gasteiger partial charge in [0.1, 0.15) is 0 Å². The monoisotopic (exact) mass is 171 g/mol. The summed E-state index contributed by atoms with van der Waals surface area (Å²) < 4.78 is 0. The number of imide groups is 1. The fourth-order valence-electron chi connectivity index (χ4n) is 1.35. The third-order valence-corrected chi connectivity index (χ3v) is 2.04. The summed E-state index contributed by atoms with van der Waals surface area (Å²) in [5, 5.41) is 8.59. The molecular formula is C8H13NO3. The van der Waals surface area contributed by atoms with E-state index < -0.39 is 5.41 Å². The van der Waals surface area contributed by atoms with Crippen molar-refractivity contribution in [1.82, 2.24) is 4.90 Å². The minimum atomic E-state index is -0.577. The number of aliphatic hydroxyl groups is 1. The van der Waals surface area contributed by atoms with Crippen LogP contribution in [-0.4, -0.2) is 35.0 Å². The third-order valence-electron chi connectivity index (χ3n) is 2.04. The van der Waals surface area contributed by atoms with Crippen molar-refractivity contribution in [3.8, 4) is 0 Å². The largest absolute Gasteiger partial charge is 0.395 e. The number of amides is 2. The van der Waals surface area contributed by atoms with E-state index in [0.29, 0.717) is 0 Å². The van der Waals surface area contributed by atoms with E-state index in [4.69, 9.17) is 5.11 Å². The zero-order chi connectivity index (χ0) is 9.35. The molecule has 0 aromatic rings. The number of carbonyl (C=O) groups is 2. The first kappa shape index (κ1) is 9.19. The van der Waals surface area contributed by atoms with Crippen LogP contribution in [0, 0.1) is 5.41 Å². The van der Waals surface area contributed by atoms with Crippen LogP contribution in [0.3, 0.4) is 0 Å². The topological polar surface area (TPSA) is 57.6 Å². The van der Waals surface area contributed by atoms with Crippen LogP contribution >= 0.6 is 0 Å². The maximum Gasteiger partial charge on any atom is 0.235 e. The van der Waals surface area contributed by atoms with Crippen LogP contribution in [0.25, 0.3) is 0 Å². The highest BCUT2D eigenvalue weighted by atomic mass is 16.3. The van der Waals surface area contributed by atoms with Gasteiger partial charge in [0.05, 0.1) is 18.6 Å². The van der Waals surface area contributed by atoms with Gasteiger partial charge in [0.15, 0.2) is 0 Å². The average Bonchev–Trinajstić information content (AvgIpc) is 2.13. The van der Waals surface area contributed by atoms with Crippen LogP contribution in [0.5, 0.6) is 0 Å². The first-order chi connectivity index (χ1) is 5.49. The predicted octanol–water partition coefficient (Wildman–Crippen LogP) is -0.236. The summed E-state index contributed by atoms with van der Waals surface area (Å²) in [4.78, 5) is 23.7. The molecule has 0 aromatic heterocycles. The maximum absolute atomic E-state index is 11.4. The highest BCUT2D eigenvalue weighted by Crippen LogP contribution is 2.30. The van der Waals surface area contributed by atoms with Gasteiger partial charge in [-0.25, -0.2) is 0 Å². The summed E-state index contributed by atoms with van der Waals surface area (Å²) in [6.07, 6.45) is 0.256. The summed E-state index contributed by atoms with van der Waals surface area (Å²) in [7, 11) is 0. The standard InChI is InChI=1S/C8H13NO3/c1-8(2)5-6(11)9(3-4-10)7(8)12/h10H,3-5H2,1-2H3. The molecule has 4 heteroatoms. The van der Waals surface area contributed by atoms with Crippen molar-refractivity contribution in [3.05, 3.63) is 0 Å². The van der Waals surface area contributed by atoms with Crippen molar-refractivity contribution in [3.63, 3.8) is 0 Å². The van der Waals surface area contributed by atoms with Crippen molar-refractivity contribution >= 4 is 11.8 Å². The van der Waals surface area contributed by atoms with Crippen LogP contribution in [0.1, 0.15) is 20.3 Å². The van der Waals surface area contributed by atoms with E-state index in [-0.39, 0.29) is 31.4 Å². The van der Waals surface area contributed by atoms with Gasteiger partial charge in [0, 0.05) is 6.42 Å². The highest BCUT2D eigenvalue weighted by Gasteiger charge is 2.44. The molecule has 0 spiro atoms. The Bertz CT molecular complexity index is 222. The van der Waals surface area contributed by atoms with E-state index in [0.717, 1.165) is 4.90 Å². The lowest BCUT2D eigenvalue weighted by molar-refractivity contribution is -0.141. The van der Waals surface area contributed by atoms with E-state index in [2.05, 4.69) is 0 Å². The number of nitrogens with zero attached hydrogens (tertiary/aromatic N) is 1. The van der Waals surface area contributed by atoms with Crippen LogP contribution in [0.2, 0.25) is 0 Å². The molecule has 1 N–H and O–H groups in total. The second-order valence-electron chi connectivity index (χ2n) is 3.63. The Kier molecular flexibility index (Phi) is 2.19. The molecule has 0 bridgehead atoms. The van der Waals surface area contributed by atoms with Gasteiger partial charge >= 0.3 is 0 Å². The second kappa shape index (κ2) is 2.86. The number of hydrogen-bond donors (Lipinski definition) is 1. The molecule has 1 heterocycles. The summed E-state index contributed by atoms with van der Waals surface area (Å²) in [6, 6.07) is 0. The van der Waals surface area contributed by atoms with Crippen LogP contribution in [-0.2, 0) is 9.59 Å². The zero-order valence-electron chi connectivity index (χ0n) is 7.33. The second-order valence-corrected chi connectivity index (χ2v) is 3.63. The molecule has 4 nitrogen and oxygen atoms in total. The summed E-state index contributed by atoms with van der Waals surface area (Å²) in [5.41, 5.74) is -0.577. The Morgan fingerprint density at radius 2 is 2.08 bits per heavy atom. The van der Waals surface area contributed by atoms with Crippen molar-refractivity contribution in [2.24, 2.45) is 5.41 Å². The minimum Gasteiger partial charge on any atom is -0.395 e. The third kappa shape index (κ3) is 1.34. The lowest BCUT2D eigenvalue weighted by Gasteiger charge is -2.16. The number of carbonyl (C=O) groups excluding carboxylic acids is 2. The fraction of sp³-hybridized carbons (Fsp3) is 0.750. The summed E-state index contributed by atoms with van der Waals surface area (Å²) in [5.74, 6) is -0.361. The average molecular weight is 171 g/mol. The Morgan fingerprint density at radius 3 is 2.42 bits per heavy atom. The lowest BCUT2D eigenvalue weighted by Crippen LogP contribution is -2.35. The Morgan fingerprint density at radius 1 is 1.50 bits per heavy atom. The molecule has 1 aliphatic heterocycles. The fourth-order valence-corrected chi connectivity index (χ4v) is 1.35. The normalized spacial score (nSPS) is 22.1. The molecule has 0 atom stereocenters. The number of aliphatic hydroxyl groups excluding tert-OH is 1. The van der Waals surface area contributed by atoms with E-state index in [1.807, 2.05) is 0 Å². The predicted molar refractivity (Wildman–Crippen MR) is 42.2 cm³/mol. The van der Waals surface area contributed by atoms with E-state index in [1.54, 1.807) is 13.8 Å². The van der Waals surface area contributed by atoms with Crippen LogP contribution in [0.4, 0.5) is 0 Å². The van der Waals surface area contributed by atoms with Gasteiger partial charge in [0.25, 0.3) is 0 Å². The number of rotatable bonds is 2. The van der Waals surface area contributed by atoms with Gasteiger partial charge in [-0.2, -0.15) is 0 Å². The minimum absolute atomic E-state index is 0.126. The van der Waals surface area contributed by atoms with E-state index >= 15 is 0 Å². The quantitative estimate of drug-likeness (QED) is 0.583. The van der Waals surface area contributed by atoms with Gasteiger partial charge in [-0.15, -0.1) is 0 Å². The van der Waals surface area contributed by atoms with Gasteiger partial charge < -0.3 is 5.11 Å². The van der Waals surface area contributed by atoms with Crippen LogP contribution < -0.4 is 0 Å². The number of likely N-dealkylation sites (tertiary alicyclic amines) is 1. The van der Waals surface area contributed by atoms with Crippen molar-refractivity contribution in [2.45, 2.75) is 20.3 Å². The molecule has 1 aliphatic rings. The molecule has 1 saturated heterocycles. The maximum atomic E-state index is 11.4. The van der Waals surface area contributed by atoms with E-state index in [1.165, 1.54) is 0 Å². The molecule has 2 amide bonds. The Balaban J connectivity index is 2.78. The zero-order valence-corrected chi connectivity index (χ0v) is 7.33. The van der Waals surface area contributed by atoms with Crippen molar-refractivity contribution < 1.29 is 14.7 Å². The van der Waals surface area contributed by atoms with Crippen molar-refractivity contribution in [2.75, 3.05) is 13.2 Å². The Hall–Kier alpha value is -0.900. The molecule has 1 rings (SSSR count). The molecular weight excluding hydrogens is 158 g/mol. The van der Waals surface area contributed by atoms with Gasteiger partial charge in [-0.05, 0) is 0 Å². The molecule has 12 heavy (non-hydrogen) atoms. The molecule has 0 aliphatic carbocycles. The Labute approximate surface area is 71.2 Å². The molecule has 0 aromatic carbocycles.